The van der Waals surface area contributed by atoms with E-state index in [1.807, 2.05) is 107 Å². The Bertz CT molecular complexity index is 1430. The average molecular weight is 575 g/mol. The normalized spacial score (nSPS) is 10.9. The van der Waals surface area contributed by atoms with E-state index in [0.29, 0.717) is 18.1 Å². The maximum Gasteiger partial charge on any atom is 0.322 e. The van der Waals surface area contributed by atoms with E-state index >= 15 is 0 Å². The number of nitrogens with one attached hydrogen (secondary N) is 2. The number of nitrogens with zero attached hydrogens (tertiary/aromatic N) is 3. The van der Waals surface area contributed by atoms with Gasteiger partial charge in [0.05, 0.1) is 11.4 Å². The van der Waals surface area contributed by atoms with Gasteiger partial charge in [-0.3, -0.25) is 4.79 Å². The van der Waals surface area contributed by atoms with Crippen LogP contribution in [0.3, 0.4) is 0 Å². The molecule has 3 aromatic carbocycles. The number of hydrogen-bond acceptors (Lipinski definition) is 3. The van der Waals surface area contributed by atoms with E-state index in [9.17, 15) is 9.59 Å². The summed E-state index contributed by atoms with van der Waals surface area (Å²) in [6, 6.07) is 24.8. The number of halogens is 1. The van der Waals surface area contributed by atoms with Gasteiger partial charge in [-0.25, -0.2) is 9.48 Å². The lowest BCUT2D eigenvalue weighted by Crippen LogP contribution is -2.42. The summed E-state index contributed by atoms with van der Waals surface area (Å²) in [4.78, 5) is 28.2. The van der Waals surface area contributed by atoms with Crippen molar-refractivity contribution in [2.24, 2.45) is 5.92 Å². The smallest absolute Gasteiger partial charge is 0.315 e. The van der Waals surface area contributed by atoms with E-state index in [1.54, 1.807) is 4.68 Å². The van der Waals surface area contributed by atoms with Crippen LogP contribution in [-0.2, 0) is 4.79 Å². The molecule has 38 heavy (non-hydrogen) atoms. The Morgan fingerprint density at radius 1 is 0.947 bits per heavy atom. The molecule has 8 heteroatoms. The number of aromatic nitrogens is 2. The lowest BCUT2D eigenvalue weighted by molar-refractivity contribution is -0.116. The van der Waals surface area contributed by atoms with Crippen LogP contribution in [-0.4, -0.2) is 39.7 Å². The van der Waals surface area contributed by atoms with E-state index in [1.165, 1.54) is 4.90 Å². The SMILES string of the molecule is Cc1ccccc1-n1nc(C)c(-c2ccccc2)c1NC(=O)CN(CC(C)C)C(=O)Nc1cccc(Br)c1. The fourth-order valence-electron chi connectivity index (χ4n) is 4.34. The van der Waals surface area contributed by atoms with Crippen molar-refractivity contribution in [2.75, 3.05) is 23.7 Å². The highest BCUT2D eigenvalue weighted by atomic mass is 79.9. The van der Waals surface area contributed by atoms with Crippen LogP contribution in [0.25, 0.3) is 16.8 Å². The van der Waals surface area contributed by atoms with Gasteiger partial charge in [0.1, 0.15) is 12.4 Å². The molecule has 0 radical (unpaired) electrons. The van der Waals surface area contributed by atoms with Crippen molar-refractivity contribution in [2.45, 2.75) is 27.7 Å². The van der Waals surface area contributed by atoms with Gasteiger partial charge in [-0.15, -0.1) is 0 Å². The maximum absolute atomic E-state index is 13.5. The topological polar surface area (TPSA) is 79.3 Å². The molecular weight excluding hydrogens is 542 g/mol. The van der Waals surface area contributed by atoms with Crippen LogP contribution < -0.4 is 10.6 Å². The molecule has 2 N–H and O–H groups in total. The summed E-state index contributed by atoms with van der Waals surface area (Å²) in [5.41, 5.74) is 5.14. The van der Waals surface area contributed by atoms with E-state index in [2.05, 4.69) is 26.6 Å². The van der Waals surface area contributed by atoms with Crippen LogP contribution in [0, 0.1) is 19.8 Å². The Morgan fingerprint density at radius 2 is 1.66 bits per heavy atom. The molecule has 0 bridgehead atoms. The summed E-state index contributed by atoms with van der Waals surface area (Å²) in [6.07, 6.45) is 0. The predicted octanol–water partition coefficient (Wildman–Crippen LogP) is 7.05. The Hall–Kier alpha value is -3.91. The van der Waals surface area contributed by atoms with Crippen LogP contribution in [0.5, 0.6) is 0 Å². The number of urea groups is 1. The lowest BCUT2D eigenvalue weighted by atomic mass is 10.1. The number of rotatable bonds is 8. The largest absolute Gasteiger partial charge is 0.322 e. The quantitative estimate of drug-likeness (QED) is 0.237. The van der Waals surface area contributed by atoms with E-state index in [-0.39, 0.29) is 24.4 Å². The fourth-order valence-corrected chi connectivity index (χ4v) is 4.74. The van der Waals surface area contributed by atoms with Gasteiger partial charge in [0, 0.05) is 22.3 Å². The molecule has 3 amide bonds. The lowest BCUT2D eigenvalue weighted by Gasteiger charge is -2.25. The third-order valence-corrected chi connectivity index (χ3v) is 6.50. The van der Waals surface area contributed by atoms with Crippen LogP contribution in [0.4, 0.5) is 16.3 Å². The van der Waals surface area contributed by atoms with Gasteiger partial charge >= 0.3 is 6.03 Å². The standard InChI is InChI=1S/C30H32BrN5O2/c1-20(2)18-35(30(38)32-25-15-10-14-24(31)17-25)19-27(37)33-29-28(23-12-6-5-7-13-23)22(4)34-36(29)26-16-9-8-11-21(26)3/h5-17,20H,18-19H2,1-4H3,(H,32,38)(H,33,37). The number of anilines is 2. The summed E-state index contributed by atoms with van der Waals surface area (Å²) in [5, 5.41) is 10.8. The van der Waals surface area contributed by atoms with Crippen LogP contribution in [0.15, 0.2) is 83.3 Å². The molecule has 1 aromatic heterocycles. The van der Waals surface area contributed by atoms with Crippen molar-refractivity contribution >= 4 is 39.4 Å². The van der Waals surface area contributed by atoms with Gasteiger partial charge in [-0.1, -0.05) is 84.4 Å². The molecule has 4 aromatic rings. The molecule has 0 unspecified atom stereocenters. The highest BCUT2D eigenvalue weighted by Crippen LogP contribution is 2.34. The zero-order chi connectivity index (χ0) is 27.2. The Balaban J connectivity index is 1.65. The summed E-state index contributed by atoms with van der Waals surface area (Å²) in [5.74, 6) is 0.447. The zero-order valence-corrected chi connectivity index (χ0v) is 23.6. The van der Waals surface area contributed by atoms with Crippen molar-refractivity contribution in [3.8, 4) is 16.8 Å². The first-order chi connectivity index (χ1) is 18.2. The molecule has 0 atom stereocenters. The van der Waals surface area contributed by atoms with Crippen molar-refractivity contribution in [3.05, 3.63) is 94.6 Å². The van der Waals surface area contributed by atoms with Gasteiger partial charge in [0.25, 0.3) is 0 Å². The van der Waals surface area contributed by atoms with Gasteiger partial charge in [0.2, 0.25) is 5.91 Å². The second-order valence-corrected chi connectivity index (χ2v) is 10.6. The van der Waals surface area contributed by atoms with E-state index < -0.39 is 0 Å². The van der Waals surface area contributed by atoms with E-state index in [0.717, 1.165) is 32.5 Å². The summed E-state index contributed by atoms with van der Waals surface area (Å²) < 4.78 is 2.64. The van der Waals surface area contributed by atoms with E-state index in [4.69, 9.17) is 5.10 Å². The van der Waals surface area contributed by atoms with Crippen molar-refractivity contribution in [1.29, 1.82) is 0 Å². The van der Waals surface area contributed by atoms with Crippen LogP contribution in [0.1, 0.15) is 25.1 Å². The first kappa shape index (κ1) is 27.1. The second-order valence-electron chi connectivity index (χ2n) is 9.64. The minimum Gasteiger partial charge on any atom is -0.315 e. The Labute approximate surface area is 232 Å². The molecule has 0 saturated heterocycles. The Morgan fingerprint density at radius 3 is 2.34 bits per heavy atom. The molecular formula is C30H32BrN5O2. The molecule has 0 saturated carbocycles. The third kappa shape index (κ3) is 6.50. The predicted molar refractivity (Wildman–Crippen MR) is 157 cm³/mol. The molecule has 4 rings (SSSR count). The van der Waals surface area contributed by atoms with Gasteiger partial charge in [0.15, 0.2) is 0 Å². The molecule has 0 aliphatic rings. The summed E-state index contributed by atoms with van der Waals surface area (Å²) in [7, 11) is 0. The minimum absolute atomic E-state index is 0.107. The molecule has 7 nitrogen and oxygen atoms in total. The monoisotopic (exact) mass is 573 g/mol. The molecule has 0 aliphatic heterocycles. The van der Waals surface area contributed by atoms with Gasteiger partial charge in [-0.2, -0.15) is 5.10 Å². The van der Waals surface area contributed by atoms with Crippen molar-refractivity contribution < 1.29 is 9.59 Å². The number of amides is 3. The highest BCUT2D eigenvalue weighted by Gasteiger charge is 2.24. The maximum atomic E-state index is 13.5. The number of carbonyl (C=O) groups excluding carboxylic acids is 2. The number of benzene rings is 3. The van der Waals surface area contributed by atoms with Gasteiger partial charge < -0.3 is 15.5 Å². The Kier molecular flexibility index (Phi) is 8.63. The molecule has 0 fully saturated rings. The molecule has 0 spiro atoms. The van der Waals surface area contributed by atoms with Crippen LogP contribution in [0.2, 0.25) is 0 Å². The summed E-state index contributed by atoms with van der Waals surface area (Å²) in [6.45, 7) is 8.29. The van der Waals surface area contributed by atoms with Gasteiger partial charge in [-0.05, 0) is 55.2 Å². The molecule has 0 aliphatic carbocycles. The second kappa shape index (κ2) is 12.1. The summed E-state index contributed by atoms with van der Waals surface area (Å²) >= 11 is 3.43. The number of para-hydroxylation sites is 1. The highest BCUT2D eigenvalue weighted by molar-refractivity contribution is 9.10. The van der Waals surface area contributed by atoms with Crippen molar-refractivity contribution in [1.82, 2.24) is 14.7 Å². The third-order valence-electron chi connectivity index (χ3n) is 6.01. The first-order valence-electron chi connectivity index (χ1n) is 12.6. The average Bonchev–Trinajstić information content (AvgIpc) is 3.19. The zero-order valence-electron chi connectivity index (χ0n) is 22.0. The first-order valence-corrected chi connectivity index (χ1v) is 13.3. The minimum atomic E-state index is -0.334. The van der Waals surface area contributed by atoms with Crippen LogP contribution >= 0.6 is 15.9 Å². The molecule has 196 valence electrons. The number of aryl methyl sites for hydroxylation is 2. The molecule has 1 heterocycles. The number of hydrogen-bond donors (Lipinski definition) is 2. The fraction of sp³-hybridized carbons (Fsp3) is 0.233. The number of carbonyl (C=O) groups is 2. The van der Waals surface area contributed by atoms with Crippen molar-refractivity contribution in [3.63, 3.8) is 0 Å².